The van der Waals surface area contributed by atoms with Crippen LogP contribution in [-0.4, -0.2) is 43.9 Å². The molecule has 0 radical (unpaired) electrons. The average Bonchev–Trinajstić information content (AvgIpc) is 3.11. The molecule has 3 rings (SSSR count). The summed E-state index contributed by atoms with van der Waals surface area (Å²) in [6.45, 7) is 0.811. The minimum Gasteiger partial charge on any atom is -0.478 e. The lowest BCUT2D eigenvalue weighted by Crippen LogP contribution is -2.35. The Morgan fingerprint density at radius 2 is 2.00 bits per heavy atom. The minimum absolute atomic E-state index is 0.0638. The first kappa shape index (κ1) is 17.6. The lowest BCUT2D eigenvalue weighted by atomic mass is 9.97. The third-order valence-electron chi connectivity index (χ3n) is 4.12. The first-order valence-corrected chi connectivity index (χ1v) is 9.84. The van der Waals surface area contributed by atoms with E-state index in [2.05, 4.69) is 4.72 Å². The number of carboxylic acids is 1. The highest BCUT2D eigenvalue weighted by Crippen LogP contribution is 2.25. The molecule has 9 heteroatoms. The average molecular weight is 380 g/mol. The summed E-state index contributed by atoms with van der Waals surface area (Å²) in [6, 6.07) is 6.29. The topological polar surface area (TPSA) is 104 Å². The van der Waals surface area contributed by atoms with Crippen LogP contribution in [0.3, 0.4) is 0 Å². The van der Waals surface area contributed by atoms with Gasteiger partial charge in [-0.15, -0.1) is 11.3 Å². The molecule has 0 fully saturated rings. The Labute approximate surface area is 149 Å². The number of fused-ring (bicyclic) bond motifs is 1. The number of aromatic carboxylic acids is 1. The van der Waals surface area contributed by atoms with Crippen molar-refractivity contribution in [3.05, 3.63) is 51.2 Å². The Kier molecular flexibility index (Phi) is 4.63. The number of carboxylic acid groups (broad SMARTS) is 1. The predicted molar refractivity (Wildman–Crippen MR) is 92.4 cm³/mol. The summed E-state index contributed by atoms with van der Waals surface area (Å²) in [5.41, 5.74) is 2.02. The number of benzene rings is 1. The number of nitrogens with zero attached hydrogens (tertiary/aromatic N) is 1. The van der Waals surface area contributed by atoms with Gasteiger partial charge in [0.15, 0.2) is 0 Å². The number of hydrogen-bond donors (Lipinski definition) is 2. The second-order valence-electron chi connectivity index (χ2n) is 5.62. The van der Waals surface area contributed by atoms with Gasteiger partial charge in [0.1, 0.15) is 0 Å². The summed E-state index contributed by atoms with van der Waals surface area (Å²) >= 11 is 1.08. The standard InChI is InChI=1S/C16H16N2O5S2/c1-17-25(22,23)13-7-14(24-9-13)15(19)18-5-4-10-2-3-11(16(20)21)6-12(10)8-18/h2-3,6-7,9,17H,4-5,8H2,1H3,(H,20,21). The molecule has 0 aliphatic carbocycles. The molecule has 1 aromatic carbocycles. The van der Waals surface area contributed by atoms with Gasteiger partial charge < -0.3 is 10.0 Å². The first-order valence-electron chi connectivity index (χ1n) is 7.48. The van der Waals surface area contributed by atoms with Crippen molar-refractivity contribution in [2.45, 2.75) is 17.9 Å². The van der Waals surface area contributed by atoms with Gasteiger partial charge in [0.25, 0.3) is 5.91 Å². The molecule has 1 aliphatic heterocycles. The minimum atomic E-state index is -3.58. The zero-order valence-corrected chi connectivity index (χ0v) is 15.0. The van der Waals surface area contributed by atoms with Gasteiger partial charge in [0.05, 0.1) is 15.3 Å². The number of carbonyl (C=O) groups excluding carboxylic acids is 1. The number of amides is 1. The lowest BCUT2D eigenvalue weighted by Gasteiger charge is -2.28. The molecule has 0 saturated carbocycles. The number of sulfonamides is 1. The van der Waals surface area contributed by atoms with Gasteiger partial charge in [0.2, 0.25) is 10.0 Å². The molecular weight excluding hydrogens is 364 g/mol. The van der Waals surface area contributed by atoms with Crippen LogP contribution >= 0.6 is 11.3 Å². The van der Waals surface area contributed by atoms with Crippen LogP contribution in [-0.2, 0) is 23.0 Å². The zero-order valence-electron chi connectivity index (χ0n) is 13.4. The maximum atomic E-state index is 12.7. The van der Waals surface area contributed by atoms with E-state index in [1.54, 1.807) is 23.1 Å². The fourth-order valence-electron chi connectivity index (χ4n) is 2.71. The summed E-state index contributed by atoms with van der Waals surface area (Å²) in [4.78, 5) is 25.8. The maximum absolute atomic E-state index is 12.7. The third-order valence-corrected chi connectivity index (χ3v) is 6.58. The van der Waals surface area contributed by atoms with E-state index >= 15 is 0 Å². The molecule has 0 bridgehead atoms. The molecule has 7 nitrogen and oxygen atoms in total. The lowest BCUT2D eigenvalue weighted by molar-refractivity contribution is 0.0696. The van der Waals surface area contributed by atoms with E-state index in [9.17, 15) is 18.0 Å². The van der Waals surface area contributed by atoms with Crippen LogP contribution in [0.1, 0.15) is 31.2 Å². The molecule has 0 unspecified atom stereocenters. The number of nitrogens with one attached hydrogen (secondary N) is 1. The molecule has 1 aromatic heterocycles. The molecule has 1 aliphatic rings. The van der Waals surface area contributed by atoms with Crippen LogP contribution in [0.25, 0.3) is 0 Å². The van der Waals surface area contributed by atoms with Crippen molar-refractivity contribution >= 4 is 33.2 Å². The highest BCUT2D eigenvalue weighted by Gasteiger charge is 2.25. The van der Waals surface area contributed by atoms with E-state index in [0.29, 0.717) is 24.4 Å². The van der Waals surface area contributed by atoms with E-state index < -0.39 is 16.0 Å². The van der Waals surface area contributed by atoms with E-state index in [1.807, 2.05) is 0 Å². The summed E-state index contributed by atoms with van der Waals surface area (Å²) < 4.78 is 25.8. The smallest absolute Gasteiger partial charge is 0.335 e. The fraction of sp³-hybridized carbons (Fsp3) is 0.250. The van der Waals surface area contributed by atoms with E-state index in [4.69, 9.17) is 5.11 Å². The van der Waals surface area contributed by atoms with Gasteiger partial charge in [-0.3, -0.25) is 4.79 Å². The molecule has 25 heavy (non-hydrogen) atoms. The second kappa shape index (κ2) is 6.58. The maximum Gasteiger partial charge on any atom is 0.335 e. The Morgan fingerprint density at radius 1 is 1.24 bits per heavy atom. The molecule has 2 heterocycles. The largest absolute Gasteiger partial charge is 0.478 e. The molecule has 0 spiro atoms. The Balaban J connectivity index is 1.83. The van der Waals surface area contributed by atoms with Crippen LogP contribution in [0, 0.1) is 0 Å². The van der Waals surface area contributed by atoms with Crippen molar-refractivity contribution in [2.24, 2.45) is 0 Å². The summed E-state index contributed by atoms with van der Waals surface area (Å²) in [5.74, 6) is -1.26. The monoisotopic (exact) mass is 380 g/mol. The van der Waals surface area contributed by atoms with Gasteiger partial charge in [-0.2, -0.15) is 0 Å². The number of rotatable bonds is 4. The van der Waals surface area contributed by atoms with Crippen LogP contribution in [0.5, 0.6) is 0 Å². The van der Waals surface area contributed by atoms with Crippen LogP contribution in [0.15, 0.2) is 34.5 Å². The quantitative estimate of drug-likeness (QED) is 0.838. The Morgan fingerprint density at radius 3 is 2.68 bits per heavy atom. The van der Waals surface area contributed by atoms with Gasteiger partial charge in [-0.1, -0.05) is 6.07 Å². The molecule has 0 saturated heterocycles. The van der Waals surface area contributed by atoms with Crippen molar-refractivity contribution in [3.63, 3.8) is 0 Å². The van der Waals surface area contributed by atoms with Gasteiger partial charge in [-0.05, 0) is 42.8 Å². The normalized spacial score (nSPS) is 14.2. The highest BCUT2D eigenvalue weighted by molar-refractivity contribution is 7.89. The first-order chi connectivity index (χ1) is 11.8. The molecule has 2 N–H and O–H groups in total. The molecule has 2 aromatic rings. The van der Waals surface area contributed by atoms with Crippen LogP contribution in [0.2, 0.25) is 0 Å². The van der Waals surface area contributed by atoms with Crippen molar-refractivity contribution in [2.75, 3.05) is 13.6 Å². The number of carbonyl (C=O) groups is 2. The number of thiophene rings is 1. The van der Waals surface area contributed by atoms with Crippen LogP contribution in [0.4, 0.5) is 0 Å². The van der Waals surface area contributed by atoms with E-state index in [-0.39, 0.29) is 16.4 Å². The summed E-state index contributed by atoms with van der Waals surface area (Å²) in [5, 5.41) is 10.5. The molecule has 132 valence electrons. The van der Waals surface area contributed by atoms with Crippen LogP contribution < -0.4 is 4.72 Å². The van der Waals surface area contributed by atoms with E-state index in [1.165, 1.54) is 18.5 Å². The SMILES string of the molecule is CNS(=O)(=O)c1csc(C(=O)N2CCc3ccc(C(=O)O)cc3C2)c1. The number of hydrogen-bond acceptors (Lipinski definition) is 5. The van der Waals surface area contributed by atoms with E-state index in [0.717, 1.165) is 22.5 Å². The molecular formula is C16H16N2O5S2. The highest BCUT2D eigenvalue weighted by atomic mass is 32.2. The van der Waals surface area contributed by atoms with Crippen molar-refractivity contribution in [1.29, 1.82) is 0 Å². The third kappa shape index (κ3) is 3.44. The fourth-order valence-corrected chi connectivity index (χ4v) is 4.68. The van der Waals surface area contributed by atoms with Crippen molar-refractivity contribution < 1.29 is 23.1 Å². The summed E-state index contributed by atoms with van der Waals surface area (Å²) in [6.07, 6.45) is 0.633. The summed E-state index contributed by atoms with van der Waals surface area (Å²) in [7, 11) is -2.27. The molecule has 0 atom stereocenters. The van der Waals surface area contributed by atoms with Crippen molar-refractivity contribution in [3.8, 4) is 0 Å². The Bertz CT molecular complexity index is 949. The Hall–Kier alpha value is -2.23. The predicted octanol–water partition coefficient (Wildman–Crippen LogP) is 1.55. The molecule has 1 amide bonds. The zero-order chi connectivity index (χ0) is 18.2. The van der Waals surface area contributed by atoms with Crippen molar-refractivity contribution in [1.82, 2.24) is 9.62 Å². The van der Waals surface area contributed by atoms with Gasteiger partial charge in [-0.25, -0.2) is 17.9 Å². The second-order valence-corrected chi connectivity index (χ2v) is 8.42. The van der Waals surface area contributed by atoms with Gasteiger partial charge in [0, 0.05) is 18.5 Å². The van der Waals surface area contributed by atoms with Gasteiger partial charge >= 0.3 is 5.97 Å².